The van der Waals surface area contributed by atoms with E-state index in [0.29, 0.717) is 25.4 Å². The summed E-state index contributed by atoms with van der Waals surface area (Å²) >= 11 is 0. The zero-order chi connectivity index (χ0) is 59.9. The molecule has 1 unspecified atom stereocenters. The van der Waals surface area contributed by atoms with Gasteiger partial charge in [0.1, 0.15) is 70.6 Å². The van der Waals surface area contributed by atoms with Crippen LogP contribution in [-0.2, 0) is 33.3 Å². The molecule has 0 spiro atoms. The minimum Gasteiger partial charge on any atom is -0.459 e. The van der Waals surface area contributed by atoms with Crippen molar-refractivity contribution in [2.75, 3.05) is 33.9 Å². The number of halogens is 3. The van der Waals surface area contributed by atoms with E-state index in [4.69, 9.17) is 23.7 Å². The smallest absolute Gasteiger partial charge is 0.309 e. The van der Waals surface area contributed by atoms with Crippen molar-refractivity contribution in [2.24, 2.45) is 23.7 Å². The van der Waals surface area contributed by atoms with Crippen LogP contribution >= 0.6 is 7.26 Å². The maximum Gasteiger partial charge on any atom is 0.309 e. The van der Waals surface area contributed by atoms with E-state index in [9.17, 15) is 48.3 Å². The number of esters is 1. The summed E-state index contributed by atoms with van der Waals surface area (Å²) in [5.41, 5.74) is -4.89. The molecule has 18 atom stereocenters. The SMILES string of the molecule is CC[C@H]1OC(=O)[C@H](C)[C@@H](C2C[C@@](C)(OC)[C@@H](O)[C@H](C)O2)[C@H](C)[C@@H](O[C@@H]2O[C@H](C)C[C@H](N(C)C)[C@H]2O)[C@](C)(O)C[C@@H](C)CN(C(=O)CCCCCCC[P+](c2ccc(F)cc2)(c2ccc(F)cc2)c2ccc(F)cc2)[C@H](C)[C@@H](O)[C@]1(C)O. The summed E-state index contributed by atoms with van der Waals surface area (Å²) in [7, 11) is 2.72. The molecule has 3 aromatic rings. The Labute approximate surface area is 480 Å². The molecule has 0 aliphatic carbocycles. The molecule has 454 valence electrons. The maximum atomic E-state index is 14.8. The minimum atomic E-state index is -2.53. The zero-order valence-electron chi connectivity index (χ0n) is 50.1. The number of cyclic esters (lactones) is 1. The largest absolute Gasteiger partial charge is 0.459 e. The molecule has 3 aliphatic heterocycles. The second-order valence-electron chi connectivity index (χ2n) is 24.8. The van der Waals surface area contributed by atoms with E-state index in [0.717, 1.165) is 35.2 Å². The van der Waals surface area contributed by atoms with Gasteiger partial charge < -0.3 is 59.0 Å². The molecule has 18 heteroatoms. The van der Waals surface area contributed by atoms with Crippen molar-refractivity contribution in [3.8, 4) is 0 Å². The van der Waals surface area contributed by atoms with Crippen LogP contribution in [0.2, 0.25) is 0 Å². The Bertz CT molecular complexity index is 2360. The number of hydrogen-bond donors (Lipinski definition) is 5. The second-order valence-corrected chi connectivity index (χ2v) is 28.5. The minimum absolute atomic E-state index is 0.0396. The zero-order valence-corrected chi connectivity index (χ0v) is 51.0. The summed E-state index contributed by atoms with van der Waals surface area (Å²) in [6, 6.07) is 17.7. The van der Waals surface area contributed by atoms with Crippen LogP contribution in [0.25, 0.3) is 0 Å². The number of likely N-dealkylation sites (N-methyl/N-ethyl adjacent to an activating group) is 1. The molecular weight excluding hydrogens is 1060 g/mol. The van der Waals surface area contributed by atoms with Gasteiger partial charge in [0.05, 0.1) is 53.7 Å². The topological polar surface area (TPSA) is 188 Å². The number of ether oxygens (including phenoxy) is 5. The number of amides is 1. The van der Waals surface area contributed by atoms with Gasteiger partial charge in [-0.2, -0.15) is 0 Å². The third-order valence-electron chi connectivity index (χ3n) is 18.3. The average molecular weight is 1160 g/mol. The Morgan fingerprint density at radius 2 is 1.28 bits per heavy atom. The van der Waals surface area contributed by atoms with Crippen molar-refractivity contribution >= 4 is 35.1 Å². The van der Waals surface area contributed by atoms with Gasteiger partial charge in [0.15, 0.2) is 6.29 Å². The van der Waals surface area contributed by atoms with Gasteiger partial charge in [-0.25, -0.2) is 13.2 Å². The first-order valence-electron chi connectivity index (χ1n) is 29.4. The average Bonchev–Trinajstić information content (AvgIpc) is 3.41. The first-order chi connectivity index (χ1) is 38.0. The summed E-state index contributed by atoms with van der Waals surface area (Å²) in [6.07, 6.45) is -4.21. The standard InChI is InChI=1S/C63H95F3N2O12P/c1-14-52-63(10,75)56(71)42(6)68(53(69)20-18-16-15-17-19-33-81(47-27-21-44(64)22-28-47,48-29-23-45(65)24-30-48)49-31-25-46(66)26-32-49)37-38(2)35-61(8,74)58(80-60-55(70)50(67(11)12)34-39(3)77-60)40(4)54(41(5)59(73)79-52)51-36-62(9,76-13)57(72)43(7)78-51/h21-32,38-43,50-52,54-58,60,70-72,74-75H,14-20,33-37H2,1-13H3/q+1/t38-,39-,40+,41-,42-,43+,50+,51?,52-,54+,55-,56-,57+,58-,60+,61-,62-,63-/m1/s1. The van der Waals surface area contributed by atoms with Crippen molar-refractivity contribution in [1.82, 2.24) is 9.80 Å². The lowest BCUT2D eigenvalue weighted by Crippen LogP contribution is -2.61. The lowest BCUT2D eigenvalue weighted by molar-refractivity contribution is -0.302. The second kappa shape index (κ2) is 28.1. The van der Waals surface area contributed by atoms with E-state index in [-0.39, 0.29) is 67.7 Å². The number of benzene rings is 3. The molecule has 81 heavy (non-hydrogen) atoms. The number of aliphatic hydroxyl groups excluding tert-OH is 3. The predicted molar refractivity (Wildman–Crippen MR) is 309 cm³/mol. The Kier molecular flexibility index (Phi) is 23.1. The highest BCUT2D eigenvalue weighted by Crippen LogP contribution is 2.56. The number of hydrogen-bond acceptors (Lipinski definition) is 13. The fourth-order valence-electron chi connectivity index (χ4n) is 13.6. The van der Waals surface area contributed by atoms with E-state index in [1.807, 2.05) is 39.8 Å². The van der Waals surface area contributed by atoms with Crippen LogP contribution in [-0.4, -0.2) is 165 Å². The van der Waals surface area contributed by atoms with Crippen LogP contribution in [0, 0.1) is 41.1 Å². The quantitative estimate of drug-likeness (QED) is 0.0501. The van der Waals surface area contributed by atoms with E-state index in [1.165, 1.54) is 50.4 Å². The van der Waals surface area contributed by atoms with Crippen molar-refractivity contribution in [1.29, 1.82) is 0 Å². The molecule has 1 amide bonds. The monoisotopic (exact) mass is 1160 g/mol. The summed E-state index contributed by atoms with van der Waals surface area (Å²) in [5, 5.41) is 63.6. The normalized spacial score (nSPS) is 36.0. The van der Waals surface area contributed by atoms with Crippen molar-refractivity contribution in [3.63, 3.8) is 0 Å². The lowest BCUT2D eigenvalue weighted by Gasteiger charge is -2.51. The van der Waals surface area contributed by atoms with E-state index < -0.39 is 109 Å². The summed E-state index contributed by atoms with van der Waals surface area (Å²) < 4.78 is 75.2. The molecule has 5 N–H and O–H groups in total. The van der Waals surface area contributed by atoms with Crippen molar-refractivity contribution in [3.05, 3.63) is 90.2 Å². The van der Waals surface area contributed by atoms with Gasteiger partial charge in [0, 0.05) is 38.5 Å². The van der Waals surface area contributed by atoms with Crippen LogP contribution < -0.4 is 15.9 Å². The number of nitrogens with zero attached hydrogens (tertiary/aromatic N) is 2. The highest BCUT2D eigenvalue weighted by molar-refractivity contribution is 7.95. The fraction of sp³-hybridized carbons (Fsp3) is 0.683. The number of rotatable bonds is 17. The molecule has 3 aromatic carbocycles. The van der Waals surface area contributed by atoms with Gasteiger partial charge in [-0.15, -0.1) is 0 Å². The summed E-state index contributed by atoms with van der Waals surface area (Å²) in [6.45, 7) is 17.4. The number of carbonyl (C=O) groups excluding carboxylic acids is 2. The molecule has 6 rings (SSSR count). The number of methoxy groups -OCH3 is 1. The molecular formula is C63H95F3N2O12P+. The maximum absolute atomic E-state index is 14.8. The third kappa shape index (κ3) is 15.3. The Hall–Kier alpha value is -3.58. The molecule has 3 fully saturated rings. The fourth-order valence-corrected chi connectivity index (χ4v) is 17.9. The first-order valence-corrected chi connectivity index (χ1v) is 31.3. The third-order valence-corrected chi connectivity index (χ3v) is 22.8. The van der Waals surface area contributed by atoms with Gasteiger partial charge in [0.2, 0.25) is 5.91 Å². The van der Waals surface area contributed by atoms with E-state index in [2.05, 4.69) is 0 Å². The number of carbonyl (C=O) groups is 2. The van der Waals surface area contributed by atoms with Crippen LogP contribution in [0.15, 0.2) is 72.8 Å². The Morgan fingerprint density at radius 3 is 1.79 bits per heavy atom. The molecule has 3 heterocycles. The molecule has 0 radical (unpaired) electrons. The van der Waals surface area contributed by atoms with Crippen LogP contribution in [0.4, 0.5) is 13.2 Å². The number of unbranched alkanes of at least 4 members (excludes halogenated alkanes) is 4. The van der Waals surface area contributed by atoms with Gasteiger partial charge in [-0.3, -0.25) is 9.59 Å². The molecule has 3 saturated heterocycles. The molecule has 0 aromatic heterocycles. The van der Waals surface area contributed by atoms with E-state index in [1.54, 1.807) is 82.8 Å². The molecule has 0 saturated carbocycles. The highest BCUT2D eigenvalue weighted by Gasteiger charge is 2.55. The number of aliphatic hydroxyl groups is 5. The highest BCUT2D eigenvalue weighted by atomic mass is 31.2. The first kappa shape index (κ1) is 66.6. The Morgan fingerprint density at radius 1 is 0.765 bits per heavy atom. The summed E-state index contributed by atoms with van der Waals surface area (Å²) in [4.78, 5) is 33.0. The van der Waals surface area contributed by atoms with Crippen molar-refractivity contribution in [2.45, 2.75) is 217 Å². The predicted octanol–water partition coefficient (Wildman–Crippen LogP) is 7.82. The van der Waals surface area contributed by atoms with Crippen LogP contribution in [0.1, 0.15) is 133 Å². The van der Waals surface area contributed by atoms with Gasteiger partial charge in [0.25, 0.3) is 0 Å². The van der Waals surface area contributed by atoms with Crippen LogP contribution in [0.3, 0.4) is 0 Å². The Balaban J connectivity index is 1.28. The molecule has 0 bridgehead atoms. The van der Waals surface area contributed by atoms with Gasteiger partial charge in [-0.1, -0.05) is 40.5 Å². The summed E-state index contributed by atoms with van der Waals surface area (Å²) in [5.74, 6) is -5.16. The van der Waals surface area contributed by atoms with Gasteiger partial charge in [-0.05, 0) is 179 Å². The van der Waals surface area contributed by atoms with Crippen molar-refractivity contribution < 1.29 is 72.0 Å². The lowest BCUT2D eigenvalue weighted by atomic mass is 9.68. The van der Waals surface area contributed by atoms with Crippen LogP contribution in [0.5, 0.6) is 0 Å². The van der Waals surface area contributed by atoms with E-state index >= 15 is 0 Å². The molecule has 3 aliphatic rings. The van der Waals surface area contributed by atoms with Gasteiger partial charge >= 0.3 is 5.97 Å². The molecule has 14 nitrogen and oxygen atoms in total.